The zero-order valence-electron chi connectivity index (χ0n) is 10.7. The maximum Gasteiger partial charge on any atom is 0.491 e. The van der Waals surface area contributed by atoms with E-state index in [9.17, 15) is 14.9 Å². The van der Waals surface area contributed by atoms with Crippen LogP contribution in [0.5, 0.6) is 0 Å². The summed E-state index contributed by atoms with van der Waals surface area (Å²) < 4.78 is 1.08. The van der Waals surface area contributed by atoms with Gasteiger partial charge in [-0.3, -0.25) is 0 Å². The molecule has 0 atom stereocenters. The molecule has 0 aliphatic heterocycles. The highest BCUT2D eigenvalue weighted by atomic mass is 16.6. The van der Waals surface area contributed by atoms with E-state index in [2.05, 4.69) is 15.1 Å². The minimum absolute atomic E-state index is 0.00607. The summed E-state index contributed by atoms with van der Waals surface area (Å²) in [6.07, 6.45) is 1.12. The predicted molar refractivity (Wildman–Crippen MR) is 66.9 cm³/mol. The van der Waals surface area contributed by atoms with E-state index < -0.39 is 16.8 Å². The Bertz CT molecular complexity index is 679. The van der Waals surface area contributed by atoms with E-state index in [1.165, 1.54) is 12.1 Å². The minimum Gasteiger partial charge on any atom is -0.478 e. The molecule has 9 nitrogen and oxygen atoms in total. The van der Waals surface area contributed by atoms with Crippen molar-refractivity contribution in [1.82, 2.24) is 19.7 Å². The van der Waals surface area contributed by atoms with Crippen molar-refractivity contribution in [2.24, 2.45) is 0 Å². The highest BCUT2D eigenvalue weighted by molar-refractivity contribution is 5.88. The van der Waals surface area contributed by atoms with Crippen LogP contribution in [0.3, 0.4) is 0 Å². The van der Waals surface area contributed by atoms with Crippen LogP contribution in [0.4, 0.5) is 5.95 Å². The maximum absolute atomic E-state index is 11.1. The molecule has 20 heavy (non-hydrogen) atoms. The van der Waals surface area contributed by atoms with Crippen molar-refractivity contribution in [3.63, 3.8) is 0 Å². The van der Waals surface area contributed by atoms with Gasteiger partial charge in [0, 0.05) is 10.8 Å². The van der Waals surface area contributed by atoms with E-state index >= 15 is 0 Å². The summed E-state index contributed by atoms with van der Waals surface area (Å²) in [6.45, 7) is 3.73. The fraction of sp³-hybridized carbons (Fsp3) is 0.273. The van der Waals surface area contributed by atoms with Crippen molar-refractivity contribution < 1.29 is 14.8 Å². The smallest absolute Gasteiger partial charge is 0.478 e. The molecule has 0 unspecified atom stereocenters. The second kappa shape index (κ2) is 5.03. The van der Waals surface area contributed by atoms with Crippen molar-refractivity contribution >= 4 is 11.9 Å². The number of nitrogens with zero attached hydrogens (tertiary/aromatic N) is 5. The molecule has 0 aliphatic carbocycles. The Morgan fingerprint density at radius 3 is 2.65 bits per heavy atom. The fourth-order valence-corrected chi connectivity index (χ4v) is 1.52. The number of aromatic nitrogens is 4. The van der Waals surface area contributed by atoms with Gasteiger partial charge in [0.1, 0.15) is 0 Å². The van der Waals surface area contributed by atoms with Crippen LogP contribution in [0.1, 0.15) is 35.8 Å². The number of pyridine rings is 1. The normalized spacial score (nSPS) is 10.8. The molecule has 1 N–H and O–H groups in total. The van der Waals surface area contributed by atoms with Gasteiger partial charge in [-0.05, 0) is 23.0 Å². The van der Waals surface area contributed by atoms with E-state index in [1.807, 2.05) is 13.8 Å². The summed E-state index contributed by atoms with van der Waals surface area (Å²) in [5, 5.41) is 23.3. The van der Waals surface area contributed by atoms with Gasteiger partial charge in [0.15, 0.2) is 5.82 Å². The number of carboxylic acid groups (broad SMARTS) is 1. The number of carboxylic acids is 1. The third-order valence-corrected chi connectivity index (χ3v) is 2.55. The van der Waals surface area contributed by atoms with Crippen molar-refractivity contribution in [3.05, 3.63) is 39.8 Å². The molecular formula is C11H11N5O4. The zero-order chi connectivity index (χ0) is 14.9. The van der Waals surface area contributed by atoms with Crippen LogP contribution in [0.15, 0.2) is 18.5 Å². The predicted octanol–water partition coefficient (Wildman–Crippen LogP) is 1.39. The van der Waals surface area contributed by atoms with E-state index in [1.54, 1.807) is 0 Å². The third-order valence-electron chi connectivity index (χ3n) is 2.55. The number of hydrogen-bond donors (Lipinski definition) is 1. The Hall–Kier alpha value is -2.84. The number of hydrogen-bond acceptors (Lipinski definition) is 6. The molecular weight excluding hydrogens is 266 g/mol. The Morgan fingerprint density at radius 2 is 2.15 bits per heavy atom. The van der Waals surface area contributed by atoms with E-state index in [4.69, 9.17) is 5.11 Å². The van der Waals surface area contributed by atoms with Gasteiger partial charge in [-0.1, -0.05) is 18.8 Å². The monoisotopic (exact) mass is 277 g/mol. The van der Waals surface area contributed by atoms with E-state index in [-0.39, 0.29) is 17.3 Å². The standard InChI is InChI=1S/C11H11N5O4/c1-6(2)8-3-7(10(17)18)4-9(13-8)15-5-12-11(14-15)16(19)20/h3-6H,1-2H3,(H,17,18). The quantitative estimate of drug-likeness (QED) is 0.661. The Labute approximate surface area is 113 Å². The van der Waals surface area contributed by atoms with Gasteiger partial charge in [-0.15, -0.1) is 4.68 Å². The van der Waals surface area contributed by atoms with Gasteiger partial charge in [-0.25, -0.2) is 9.78 Å². The van der Waals surface area contributed by atoms with Crippen molar-refractivity contribution in [1.29, 1.82) is 0 Å². The molecule has 0 amide bonds. The van der Waals surface area contributed by atoms with Gasteiger partial charge in [0.2, 0.25) is 6.33 Å². The van der Waals surface area contributed by atoms with Crippen LogP contribution in [0, 0.1) is 10.1 Å². The lowest BCUT2D eigenvalue weighted by Crippen LogP contribution is -2.07. The molecule has 0 saturated carbocycles. The first kappa shape index (κ1) is 13.6. The van der Waals surface area contributed by atoms with Gasteiger partial charge < -0.3 is 15.2 Å². The second-order valence-electron chi connectivity index (χ2n) is 4.34. The molecule has 9 heteroatoms. The number of nitro groups is 1. The van der Waals surface area contributed by atoms with Crippen molar-refractivity contribution in [2.45, 2.75) is 19.8 Å². The van der Waals surface area contributed by atoms with Gasteiger partial charge >= 0.3 is 11.9 Å². The molecule has 0 aliphatic rings. The Balaban J connectivity index is 2.54. The molecule has 2 rings (SSSR count). The minimum atomic E-state index is -1.11. The van der Waals surface area contributed by atoms with Crippen LogP contribution < -0.4 is 0 Å². The van der Waals surface area contributed by atoms with Crippen LogP contribution >= 0.6 is 0 Å². The van der Waals surface area contributed by atoms with E-state index in [0.29, 0.717) is 5.69 Å². The first-order valence-electron chi connectivity index (χ1n) is 5.70. The van der Waals surface area contributed by atoms with E-state index in [0.717, 1.165) is 11.0 Å². The van der Waals surface area contributed by atoms with Gasteiger partial charge in [0.25, 0.3) is 0 Å². The lowest BCUT2D eigenvalue weighted by Gasteiger charge is -2.07. The summed E-state index contributed by atoms with van der Waals surface area (Å²) in [7, 11) is 0. The lowest BCUT2D eigenvalue weighted by atomic mass is 10.1. The maximum atomic E-state index is 11.1. The average molecular weight is 277 g/mol. The number of aromatic carboxylic acids is 1. The van der Waals surface area contributed by atoms with Crippen LogP contribution in [0.25, 0.3) is 5.82 Å². The topological polar surface area (TPSA) is 124 Å². The van der Waals surface area contributed by atoms with Gasteiger partial charge in [-0.2, -0.15) is 0 Å². The Morgan fingerprint density at radius 1 is 1.45 bits per heavy atom. The molecule has 0 aromatic carbocycles. The fourth-order valence-electron chi connectivity index (χ4n) is 1.52. The third kappa shape index (κ3) is 2.60. The first-order valence-corrected chi connectivity index (χ1v) is 5.70. The molecule has 0 radical (unpaired) electrons. The second-order valence-corrected chi connectivity index (χ2v) is 4.34. The molecule has 0 bridgehead atoms. The molecule has 2 aromatic rings. The van der Waals surface area contributed by atoms with Gasteiger partial charge in [0.05, 0.1) is 5.56 Å². The van der Waals surface area contributed by atoms with Crippen LogP contribution in [0.2, 0.25) is 0 Å². The average Bonchev–Trinajstić information content (AvgIpc) is 2.87. The van der Waals surface area contributed by atoms with Crippen LogP contribution in [-0.2, 0) is 0 Å². The van der Waals surface area contributed by atoms with Crippen molar-refractivity contribution in [2.75, 3.05) is 0 Å². The largest absolute Gasteiger partial charge is 0.491 e. The molecule has 0 saturated heterocycles. The Kier molecular flexibility index (Phi) is 3.42. The van der Waals surface area contributed by atoms with Crippen LogP contribution in [-0.4, -0.2) is 35.7 Å². The number of rotatable bonds is 4. The molecule has 0 fully saturated rings. The highest BCUT2D eigenvalue weighted by Crippen LogP contribution is 2.17. The SMILES string of the molecule is CC(C)c1cc(C(=O)O)cc(-n2cnc([N+](=O)[O-])n2)n1. The zero-order valence-corrected chi connectivity index (χ0v) is 10.7. The summed E-state index contributed by atoms with van der Waals surface area (Å²) in [5.74, 6) is -1.50. The summed E-state index contributed by atoms with van der Waals surface area (Å²) in [6, 6.07) is 2.74. The number of carbonyl (C=O) groups is 1. The molecule has 104 valence electrons. The van der Waals surface area contributed by atoms with Crippen molar-refractivity contribution in [3.8, 4) is 5.82 Å². The lowest BCUT2D eigenvalue weighted by molar-refractivity contribution is -0.394. The molecule has 2 aromatic heterocycles. The highest BCUT2D eigenvalue weighted by Gasteiger charge is 2.18. The first-order chi connectivity index (χ1) is 9.38. The summed E-state index contributed by atoms with van der Waals surface area (Å²) >= 11 is 0. The molecule has 2 heterocycles. The summed E-state index contributed by atoms with van der Waals surface area (Å²) in [4.78, 5) is 28.6. The summed E-state index contributed by atoms with van der Waals surface area (Å²) in [5.41, 5.74) is 0.593. The molecule has 0 spiro atoms.